The highest BCUT2D eigenvalue weighted by Crippen LogP contribution is 2.18. The molecule has 0 atom stereocenters. The first-order valence-corrected chi connectivity index (χ1v) is 5.86. The Kier molecular flexibility index (Phi) is 3.74. The predicted molar refractivity (Wildman–Crippen MR) is 63.9 cm³/mol. The molecule has 1 saturated carbocycles. The first-order chi connectivity index (χ1) is 8.15. The van der Waals surface area contributed by atoms with Crippen molar-refractivity contribution in [2.24, 2.45) is 0 Å². The Morgan fingerprint density at radius 1 is 1.47 bits per heavy atom. The number of hydrogen-bond acceptors (Lipinski definition) is 2. The first kappa shape index (κ1) is 12.0. The van der Waals surface area contributed by atoms with Gasteiger partial charge in [0.15, 0.2) is 0 Å². The molecule has 92 valence electrons. The summed E-state index contributed by atoms with van der Waals surface area (Å²) in [4.78, 5) is 13.3. The number of likely N-dealkylation sites (N-methyl/N-ethyl adjacent to an activating group) is 1. The molecular weight excluding hydrogens is 219 g/mol. The van der Waals surface area contributed by atoms with Crippen LogP contribution in [0.1, 0.15) is 18.4 Å². The van der Waals surface area contributed by atoms with Crippen LogP contribution in [0, 0.1) is 5.82 Å². The van der Waals surface area contributed by atoms with E-state index in [2.05, 4.69) is 5.32 Å². The number of carbonyl (C=O) groups is 1. The molecule has 1 amide bonds. The number of amides is 1. The van der Waals surface area contributed by atoms with Gasteiger partial charge in [-0.1, -0.05) is 18.2 Å². The average Bonchev–Trinajstić information content (AvgIpc) is 3.05. The van der Waals surface area contributed by atoms with Gasteiger partial charge in [-0.25, -0.2) is 4.39 Å². The zero-order valence-corrected chi connectivity index (χ0v) is 9.95. The molecular formula is C13H17FN2O. The van der Waals surface area contributed by atoms with Gasteiger partial charge >= 0.3 is 0 Å². The lowest BCUT2D eigenvalue weighted by Gasteiger charge is -2.16. The van der Waals surface area contributed by atoms with Gasteiger partial charge in [0.25, 0.3) is 0 Å². The molecule has 3 nitrogen and oxygen atoms in total. The van der Waals surface area contributed by atoms with Crippen LogP contribution in [-0.2, 0) is 11.3 Å². The lowest BCUT2D eigenvalue weighted by atomic mass is 10.2. The molecule has 0 spiro atoms. The Hall–Kier alpha value is -1.42. The van der Waals surface area contributed by atoms with Crippen LogP contribution >= 0.6 is 0 Å². The number of nitrogens with zero attached hydrogens (tertiary/aromatic N) is 1. The van der Waals surface area contributed by atoms with E-state index < -0.39 is 0 Å². The van der Waals surface area contributed by atoms with Crippen LogP contribution in [0.25, 0.3) is 0 Å². The van der Waals surface area contributed by atoms with Gasteiger partial charge in [0, 0.05) is 18.2 Å². The highest BCUT2D eigenvalue weighted by Gasteiger charge is 2.23. The van der Waals surface area contributed by atoms with E-state index in [0.29, 0.717) is 24.7 Å². The number of nitrogens with one attached hydrogen (secondary N) is 1. The fourth-order valence-corrected chi connectivity index (χ4v) is 1.72. The molecule has 0 unspecified atom stereocenters. The third-order valence-electron chi connectivity index (χ3n) is 2.75. The SMILES string of the molecule is CN(CC(=O)NC1CC1)Cc1ccccc1F. The van der Waals surface area contributed by atoms with Crippen LogP contribution in [0.15, 0.2) is 24.3 Å². The molecule has 17 heavy (non-hydrogen) atoms. The topological polar surface area (TPSA) is 32.3 Å². The van der Waals surface area contributed by atoms with Crippen LogP contribution in [0.5, 0.6) is 0 Å². The predicted octanol–water partition coefficient (Wildman–Crippen LogP) is 1.54. The van der Waals surface area contributed by atoms with Gasteiger partial charge < -0.3 is 5.32 Å². The smallest absolute Gasteiger partial charge is 0.234 e. The first-order valence-electron chi connectivity index (χ1n) is 5.86. The van der Waals surface area contributed by atoms with Gasteiger partial charge in [-0.05, 0) is 26.0 Å². The maximum Gasteiger partial charge on any atom is 0.234 e. The highest BCUT2D eigenvalue weighted by atomic mass is 19.1. The molecule has 1 aromatic rings. The lowest BCUT2D eigenvalue weighted by Crippen LogP contribution is -2.36. The minimum absolute atomic E-state index is 0.0198. The maximum absolute atomic E-state index is 13.4. The van der Waals surface area contributed by atoms with Crippen molar-refractivity contribution in [1.29, 1.82) is 0 Å². The molecule has 1 aliphatic rings. The van der Waals surface area contributed by atoms with Crippen LogP contribution in [0.2, 0.25) is 0 Å². The second-order valence-corrected chi connectivity index (χ2v) is 4.61. The molecule has 0 heterocycles. The fraction of sp³-hybridized carbons (Fsp3) is 0.462. The van der Waals surface area contributed by atoms with Crippen LogP contribution in [0.3, 0.4) is 0 Å². The molecule has 0 aromatic heterocycles. The molecule has 1 fully saturated rings. The summed E-state index contributed by atoms with van der Waals surface area (Å²) in [5.74, 6) is -0.201. The van der Waals surface area contributed by atoms with E-state index in [1.165, 1.54) is 6.07 Å². The van der Waals surface area contributed by atoms with Crippen molar-refractivity contribution < 1.29 is 9.18 Å². The third-order valence-corrected chi connectivity index (χ3v) is 2.75. The van der Waals surface area contributed by atoms with Crippen molar-refractivity contribution in [2.75, 3.05) is 13.6 Å². The lowest BCUT2D eigenvalue weighted by molar-refractivity contribution is -0.122. The summed E-state index contributed by atoms with van der Waals surface area (Å²) in [6.45, 7) is 0.760. The van der Waals surface area contributed by atoms with E-state index in [9.17, 15) is 9.18 Å². The zero-order valence-electron chi connectivity index (χ0n) is 9.95. The summed E-state index contributed by atoms with van der Waals surface area (Å²) in [5.41, 5.74) is 0.620. The monoisotopic (exact) mass is 236 g/mol. The van der Waals surface area contributed by atoms with Gasteiger partial charge in [-0.3, -0.25) is 9.69 Å². The van der Waals surface area contributed by atoms with E-state index in [0.717, 1.165) is 12.8 Å². The summed E-state index contributed by atoms with van der Waals surface area (Å²) in [7, 11) is 1.82. The number of carbonyl (C=O) groups excluding carboxylic acids is 1. The molecule has 1 aliphatic carbocycles. The molecule has 1 aromatic carbocycles. The van der Waals surface area contributed by atoms with Gasteiger partial charge in [-0.15, -0.1) is 0 Å². The zero-order chi connectivity index (χ0) is 12.3. The molecule has 4 heteroatoms. The molecule has 1 N–H and O–H groups in total. The van der Waals surface area contributed by atoms with Crippen molar-refractivity contribution in [2.45, 2.75) is 25.4 Å². The Bertz CT molecular complexity index is 404. The second-order valence-electron chi connectivity index (χ2n) is 4.61. The maximum atomic E-state index is 13.4. The minimum atomic E-state index is -0.220. The van der Waals surface area contributed by atoms with Crippen molar-refractivity contribution in [3.05, 3.63) is 35.6 Å². The van der Waals surface area contributed by atoms with E-state index in [1.807, 2.05) is 11.9 Å². The second kappa shape index (κ2) is 5.27. The Morgan fingerprint density at radius 2 is 2.18 bits per heavy atom. The fourth-order valence-electron chi connectivity index (χ4n) is 1.72. The summed E-state index contributed by atoms with van der Waals surface area (Å²) >= 11 is 0. The summed E-state index contributed by atoms with van der Waals surface area (Å²) in [5, 5.41) is 2.91. The standard InChI is InChI=1S/C13H17FN2O/c1-16(9-13(17)15-11-6-7-11)8-10-4-2-3-5-12(10)14/h2-5,11H,6-9H2,1H3,(H,15,17). The largest absolute Gasteiger partial charge is 0.352 e. The summed E-state index contributed by atoms with van der Waals surface area (Å²) in [6, 6.07) is 7.03. The molecule has 2 rings (SSSR count). The highest BCUT2D eigenvalue weighted by molar-refractivity contribution is 5.78. The molecule has 0 bridgehead atoms. The average molecular weight is 236 g/mol. The Balaban J connectivity index is 1.81. The normalized spacial score (nSPS) is 15.0. The van der Waals surface area contributed by atoms with Crippen LogP contribution in [-0.4, -0.2) is 30.4 Å². The summed E-state index contributed by atoms with van der Waals surface area (Å²) < 4.78 is 13.4. The molecule has 0 aliphatic heterocycles. The van der Waals surface area contributed by atoms with Gasteiger partial charge in [0.05, 0.1) is 6.54 Å². The third kappa shape index (κ3) is 3.82. The quantitative estimate of drug-likeness (QED) is 0.841. The molecule has 0 saturated heterocycles. The molecule has 0 radical (unpaired) electrons. The van der Waals surface area contributed by atoms with Crippen molar-refractivity contribution >= 4 is 5.91 Å². The minimum Gasteiger partial charge on any atom is -0.352 e. The Labute approximate surface area is 101 Å². The van der Waals surface area contributed by atoms with Gasteiger partial charge in [0.1, 0.15) is 5.82 Å². The van der Waals surface area contributed by atoms with E-state index in [4.69, 9.17) is 0 Å². The van der Waals surface area contributed by atoms with E-state index in [1.54, 1.807) is 18.2 Å². The number of halogens is 1. The summed E-state index contributed by atoms with van der Waals surface area (Å²) in [6.07, 6.45) is 2.17. The Morgan fingerprint density at radius 3 is 2.82 bits per heavy atom. The van der Waals surface area contributed by atoms with Crippen LogP contribution < -0.4 is 5.32 Å². The van der Waals surface area contributed by atoms with Crippen molar-refractivity contribution in [1.82, 2.24) is 10.2 Å². The number of rotatable bonds is 5. The van der Waals surface area contributed by atoms with Crippen molar-refractivity contribution in [3.63, 3.8) is 0 Å². The van der Waals surface area contributed by atoms with Crippen molar-refractivity contribution in [3.8, 4) is 0 Å². The van der Waals surface area contributed by atoms with Gasteiger partial charge in [0.2, 0.25) is 5.91 Å². The van der Waals surface area contributed by atoms with Gasteiger partial charge in [-0.2, -0.15) is 0 Å². The van der Waals surface area contributed by atoms with E-state index in [-0.39, 0.29) is 11.7 Å². The number of benzene rings is 1. The van der Waals surface area contributed by atoms with E-state index >= 15 is 0 Å². The number of hydrogen-bond donors (Lipinski definition) is 1. The van der Waals surface area contributed by atoms with Crippen LogP contribution in [0.4, 0.5) is 4.39 Å².